The molecule has 5 nitrogen and oxygen atoms in total. The molecule has 0 saturated carbocycles. The van der Waals surface area contributed by atoms with E-state index in [1.165, 1.54) is 0 Å². The van der Waals surface area contributed by atoms with Crippen LogP contribution in [0.2, 0.25) is 0 Å². The van der Waals surface area contributed by atoms with Gasteiger partial charge >= 0.3 is 0 Å². The third-order valence-corrected chi connectivity index (χ3v) is 1.60. The molecule has 1 rings (SSSR count). The van der Waals surface area contributed by atoms with Gasteiger partial charge < -0.3 is 0 Å². The average molecular weight is 168 g/mol. The number of aryl methyl sites for hydroxylation is 2. The Kier molecular flexibility index (Phi) is 2.44. The van der Waals surface area contributed by atoms with Crippen molar-refractivity contribution in [3.63, 3.8) is 0 Å². The molecular weight excluding hydrogens is 156 g/mol. The molecule has 0 radical (unpaired) electrons. The molecular formula is C7H12N4O. The van der Waals surface area contributed by atoms with Crippen LogP contribution in [0.1, 0.15) is 11.4 Å². The zero-order valence-electron chi connectivity index (χ0n) is 7.16. The number of nitrogens with zero attached hydrogens (tertiary/aromatic N) is 2. The van der Waals surface area contributed by atoms with Crippen LogP contribution in [0.4, 0.5) is 0 Å². The van der Waals surface area contributed by atoms with Gasteiger partial charge in [-0.1, -0.05) is 0 Å². The van der Waals surface area contributed by atoms with Gasteiger partial charge in [0.1, 0.15) is 0 Å². The lowest BCUT2D eigenvalue weighted by Crippen LogP contribution is -2.31. The molecule has 12 heavy (non-hydrogen) atoms. The number of aromatic nitrogens is 2. The molecule has 0 aliphatic heterocycles. The number of hydrogen-bond donors (Lipinski definition) is 2. The molecule has 0 spiro atoms. The van der Waals surface area contributed by atoms with Crippen LogP contribution in [0.15, 0.2) is 6.07 Å². The zero-order valence-corrected chi connectivity index (χ0v) is 7.16. The van der Waals surface area contributed by atoms with Gasteiger partial charge in [-0.3, -0.25) is 14.9 Å². The molecule has 0 atom stereocenters. The summed E-state index contributed by atoms with van der Waals surface area (Å²) in [6, 6.07) is 1.86. The summed E-state index contributed by atoms with van der Waals surface area (Å²) in [5, 5.41) is 4.09. The lowest BCUT2D eigenvalue weighted by atomic mass is 10.3. The number of carbonyl (C=O) groups excluding carboxylic acids is 1. The number of nitrogens with one attached hydrogen (secondary N) is 1. The maximum atomic E-state index is 10.9. The first-order valence-electron chi connectivity index (χ1n) is 3.62. The first-order valence-corrected chi connectivity index (χ1v) is 3.62. The van der Waals surface area contributed by atoms with Crippen LogP contribution in [0.5, 0.6) is 0 Å². The predicted molar refractivity (Wildman–Crippen MR) is 44.0 cm³/mol. The Bertz CT molecular complexity index is 292. The fourth-order valence-corrected chi connectivity index (χ4v) is 1.05. The minimum atomic E-state index is -0.210. The van der Waals surface area contributed by atoms with Crippen molar-refractivity contribution in [2.24, 2.45) is 12.9 Å². The number of hydrazine groups is 1. The van der Waals surface area contributed by atoms with Crippen LogP contribution in [-0.2, 0) is 18.3 Å². The molecule has 5 heteroatoms. The molecule has 0 bridgehead atoms. The Hall–Kier alpha value is -1.36. The fraction of sp³-hybridized carbons (Fsp3) is 0.429. The summed E-state index contributed by atoms with van der Waals surface area (Å²) in [5.41, 5.74) is 3.83. The third kappa shape index (κ3) is 1.82. The lowest BCUT2D eigenvalue weighted by Gasteiger charge is -1.99. The van der Waals surface area contributed by atoms with Gasteiger partial charge in [-0.15, -0.1) is 0 Å². The Morgan fingerprint density at radius 1 is 1.83 bits per heavy atom. The van der Waals surface area contributed by atoms with Gasteiger partial charge in [0.15, 0.2) is 0 Å². The molecule has 0 aliphatic carbocycles. The zero-order chi connectivity index (χ0) is 9.14. The second-order valence-corrected chi connectivity index (χ2v) is 2.64. The topological polar surface area (TPSA) is 72.9 Å². The molecule has 1 amide bonds. The van der Waals surface area contributed by atoms with Crippen molar-refractivity contribution in [2.45, 2.75) is 13.3 Å². The maximum Gasteiger partial charge on any atom is 0.239 e. The molecule has 3 N–H and O–H groups in total. The number of hydrogen-bond acceptors (Lipinski definition) is 3. The highest BCUT2D eigenvalue weighted by molar-refractivity contribution is 5.77. The van der Waals surface area contributed by atoms with Crippen LogP contribution >= 0.6 is 0 Å². The summed E-state index contributed by atoms with van der Waals surface area (Å²) in [6.07, 6.45) is 0.272. The summed E-state index contributed by atoms with van der Waals surface area (Å²) in [5.74, 6) is 4.74. The van der Waals surface area contributed by atoms with Gasteiger partial charge in [-0.05, 0) is 13.0 Å². The van der Waals surface area contributed by atoms with Gasteiger partial charge in [0.25, 0.3) is 0 Å². The molecule has 0 fully saturated rings. The van der Waals surface area contributed by atoms with E-state index in [9.17, 15) is 4.79 Å². The van der Waals surface area contributed by atoms with Crippen LogP contribution in [-0.4, -0.2) is 15.7 Å². The molecule has 1 aromatic rings. The smallest absolute Gasteiger partial charge is 0.239 e. The summed E-state index contributed by atoms with van der Waals surface area (Å²) in [6.45, 7) is 1.88. The van der Waals surface area contributed by atoms with E-state index >= 15 is 0 Å². The van der Waals surface area contributed by atoms with Gasteiger partial charge in [-0.2, -0.15) is 5.10 Å². The van der Waals surface area contributed by atoms with Crippen molar-refractivity contribution in [1.29, 1.82) is 0 Å². The Balaban J connectivity index is 2.75. The lowest BCUT2D eigenvalue weighted by molar-refractivity contribution is -0.120. The van der Waals surface area contributed by atoms with E-state index in [1.54, 1.807) is 11.7 Å². The number of rotatable bonds is 2. The molecule has 66 valence electrons. The maximum absolute atomic E-state index is 10.9. The second-order valence-electron chi connectivity index (χ2n) is 2.64. The normalized spacial score (nSPS) is 9.92. The fourth-order valence-electron chi connectivity index (χ4n) is 1.05. The van der Waals surface area contributed by atoms with Gasteiger partial charge in [0.05, 0.1) is 12.1 Å². The predicted octanol–water partition coefficient (Wildman–Crippen LogP) is -0.739. The highest BCUT2D eigenvalue weighted by atomic mass is 16.2. The van der Waals surface area contributed by atoms with E-state index in [2.05, 4.69) is 10.5 Å². The Morgan fingerprint density at radius 3 is 2.92 bits per heavy atom. The first kappa shape index (κ1) is 8.73. The quantitative estimate of drug-likeness (QED) is 0.347. The number of amides is 1. The van der Waals surface area contributed by atoms with Gasteiger partial charge in [-0.25, -0.2) is 5.84 Å². The SMILES string of the molecule is Cc1cc(CC(=O)NN)n(C)n1. The van der Waals surface area contributed by atoms with E-state index in [-0.39, 0.29) is 12.3 Å². The summed E-state index contributed by atoms with van der Waals surface area (Å²) in [7, 11) is 1.80. The Morgan fingerprint density at radius 2 is 2.50 bits per heavy atom. The van der Waals surface area contributed by atoms with E-state index in [0.717, 1.165) is 11.4 Å². The van der Waals surface area contributed by atoms with Gasteiger partial charge in [0.2, 0.25) is 5.91 Å². The number of nitrogens with two attached hydrogens (primary N) is 1. The molecule has 0 aliphatic rings. The van der Waals surface area contributed by atoms with Crippen LogP contribution in [0, 0.1) is 6.92 Å². The van der Waals surface area contributed by atoms with Crippen LogP contribution < -0.4 is 11.3 Å². The molecule has 0 saturated heterocycles. The summed E-state index contributed by atoms with van der Waals surface area (Å²) >= 11 is 0. The average Bonchev–Trinajstić information content (AvgIpc) is 2.30. The van der Waals surface area contributed by atoms with Crippen molar-refractivity contribution in [3.8, 4) is 0 Å². The standard InChI is InChI=1S/C7H12N4O/c1-5-3-6(11(2)10-5)4-7(12)9-8/h3H,4,8H2,1-2H3,(H,9,12). The van der Waals surface area contributed by atoms with Gasteiger partial charge in [0, 0.05) is 12.7 Å². The highest BCUT2D eigenvalue weighted by Gasteiger charge is 2.06. The minimum absolute atomic E-state index is 0.210. The second kappa shape index (κ2) is 3.36. The van der Waals surface area contributed by atoms with E-state index in [1.807, 2.05) is 13.0 Å². The minimum Gasteiger partial charge on any atom is -0.294 e. The first-order chi connectivity index (χ1) is 5.63. The van der Waals surface area contributed by atoms with E-state index in [0.29, 0.717) is 0 Å². The van der Waals surface area contributed by atoms with Crippen LogP contribution in [0.25, 0.3) is 0 Å². The van der Waals surface area contributed by atoms with Crippen molar-refractivity contribution < 1.29 is 4.79 Å². The third-order valence-electron chi connectivity index (χ3n) is 1.60. The largest absolute Gasteiger partial charge is 0.294 e. The summed E-state index contributed by atoms with van der Waals surface area (Å²) in [4.78, 5) is 10.9. The van der Waals surface area contributed by atoms with E-state index in [4.69, 9.17) is 5.84 Å². The molecule has 0 aromatic carbocycles. The monoisotopic (exact) mass is 168 g/mol. The number of carbonyl (C=O) groups is 1. The van der Waals surface area contributed by atoms with Crippen molar-refractivity contribution in [2.75, 3.05) is 0 Å². The Labute approximate surface area is 70.5 Å². The summed E-state index contributed by atoms with van der Waals surface area (Å²) < 4.78 is 1.67. The molecule has 1 heterocycles. The van der Waals surface area contributed by atoms with Crippen molar-refractivity contribution in [1.82, 2.24) is 15.2 Å². The van der Waals surface area contributed by atoms with Crippen LogP contribution in [0.3, 0.4) is 0 Å². The highest BCUT2D eigenvalue weighted by Crippen LogP contribution is 2.01. The van der Waals surface area contributed by atoms with Crippen molar-refractivity contribution in [3.05, 3.63) is 17.5 Å². The molecule has 0 unspecified atom stereocenters. The van der Waals surface area contributed by atoms with Crippen molar-refractivity contribution >= 4 is 5.91 Å². The van der Waals surface area contributed by atoms with E-state index < -0.39 is 0 Å². The molecule has 1 aromatic heterocycles.